The Bertz CT molecular complexity index is 370. The van der Waals surface area contributed by atoms with Gasteiger partial charge in [0.25, 0.3) is 0 Å². The SMILES string of the molecule is CC(C)C1CCC(CN)(OCc2cccnc2)CC1. The summed E-state index contributed by atoms with van der Waals surface area (Å²) in [7, 11) is 0. The Morgan fingerprint density at radius 2 is 2.16 bits per heavy atom. The molecule has 1 aliphatic rings. The van der Waals surface area contributed by atoms with Gasteiger partial charge in [-0.3, -0.25) is 4.98 Å². The Balaban J connectivity index is 1.90. The zero-order valence-electron chi connectivity index (χ0n) is 12.1. The van der Waals surface area contributed by atoms with Gasteiger partial charge in [0.1, 0.15) is 0 Å². The molecule has 0 bridgehead atoms. The fourth-order valence-corrected chi connectivity index (χ4v) is 2.96. The molecule has 3 heteroatoms. The Morgan fingerprint density at radius 3 is 2.68 bits per heavy atom. The molecule has 2 rings (SSSR count). The molecule has 0 amide bonds. The topological polar surface area (TPSA) is 48.1 Å². The minimum atomic E-state index is -0.110. The molecule has 1 aromatic rings. The van der Waals surface area contributed by atoms with Gasteiger partial charge in [0.15, 0.2) is 0 Å². The van der Waals surface area contributed by atoms with Crippen molar-refractivity contribution in [3.63, 3.8) is 0 Å². The van der Waals surface area contributed by atoms with Crippen molar-refractivity contribution in [2.45, 2.75) is 51.7 Å². The average Bonchev–Trinajstić information content (AvgIpc) is 2.46. The highest BCUT2D eigenvalue weighted by Crippen LogP contribution is 2.37. The van der Waals surface area contributed by atoms with Crippen LogP contribution in [0.4, 0.5) is 0 Å². The van der Waals surface area contributed by atoms with Crippen LogP contribution < -0.4 is 5.73 Å². The van der Waals surface area contributed by atoms with E-state index in [4.69, 9.17) is 10.5 Å². The predicted octanol–water partition coefficient (Wildman–Crippen LogP) is 3.14. The molecule has 0 unspecified atom stereocenters. The molecule has 1 aliphatic carbocycles. The van der Waals surface area contributed by atoms with Crippen LogP contribution in [-0.4, -0.2) is 17.1 Å². The molecule has 1 aromatic heterocycles. The molecular formula is C16H26N2O. The molecule has 0 aliphatic heterocycles. The number of ether oxygens (including phenoxy) is 1. The smallest absolute Gasteiger partial charge is 0.0808 e. The number of hydrogen-bond donors (Lipinski definition) is 1. The number of aromatic nitrogens is 1. The maximum absolute atomic E-state index is 6.17. The normalized spacial score (nSPS) is 27.7. The monoisotopic (exact) mass is 262 g/mol. The summed E-state index contributed by atoms with van der Waals surface area (Å²) in [5.74, 6) is 1.61. The van der Waals surface area contributed by atoms with Gasteiger partial charge >= 0.3 is 0 Å². The molecule has 2 N–H and O–H groups in total. The molecule has 1 fully saturated rings. The fraction of sp³-hybridized carbons (Fsp3) is 0.688. The van der Waals surface area contributed by atoms with E-state index in [1.54, 1.807) is 6.20 Å². The molecule has 106 valence electrons. The molecule has 0 radical (unpaired) electrons. The lowest BCUT2D eigenvalue weighted by molar-refractivity contribution is -0.0841. The van der Waals surface area contributed by atoms with E-state index in [1.807, 2.05) is 12.3 Å². The van der Waals surface area contributed by atoms with Gasteiger partial charge in [0.05, 0.1) is 12.2 Å². The van der Waals surface area contributed by atoms with Crippen molar-refractivity contribution in [1.82, 2.24) is 4.98 Å². The third kappa shape index (κ3) is 3.77. The van der Waals surface area contributed by atoms with E-state index in [0.717, 1.165) is 30.2 Å². The summed E-state index contributed by atoms with van der Waals surface area (Å²) in [6.07, 6.45) is 8.31. The molecule has 0 saturated heterocycles. The summed E-state index contributed by atoms with van der Waals surface area (Å²) in [4.78, 5) is 4.12. The largest absolute Gasteiger partial charge is 0.369 e. The van der Waals surface area contributed by atoms with Crippen LogP contribution in [0.5, 0.6) is 0 Å². The number of pyridine rings is 1. The quantitative estimate of drug-likeness (QED) is 0.886. The summed E-state index contributed by atoms with van der Waals surface area (Å²) in [5, 5.41) is 0. The molecule has 3 nitrogen and oxygen atoms in total. The van der Waals surface area contributed by atoms with Crippen LogP contribution in [0, 0.1) is 11.8 Å². The standard InChI is InChI=1S/C16H26N2O/c1-13(2)15-5-7-16(12-17,8-6-15)19-11-14-4-3-9-18-10-14/h3-4,9-10,13,15H,5-8,11-12,17H2,1-2H3. The lowest BCUT2D eigenvalue weighted by Gasteiger charge is -2.40. The van der Waals surface area contributed by atoms with E-state index in [0.29, 0.717) is 13.2 Å². The van der Waals surface area contributed by atoms with Gasteiger partial charge in [-0.1, -0.05) is 19.9 Å². The Kier molecular flexibility index (Phi) is 4.94. The van der Waals surface area contributed by atoms with Crippen LogP contribution in [0.3, 0.4) is 0 Å². The minimum Gasteiger partial charge on any atom is -0.369 e. The zero-order valence-corrected chi connectivity index (χ0v) is 12.1. The molecule has 1 heterocycles. The second-order valence-electron chi connectivity index (χ2n) is 6.12. The van der Waals surface area contributed by atoms with E-state index in [1.165, 1.54) is 12.8 Å². The van der Waals surface area contributed by atoms with Gasteiger partial charge in [-0.2, -0.15) is 0 Å². The summed E-state index contributed by atoms with van der Waals surface area (Å²) < 4.78 is 6.17. The number of rotatable bonds is 5. The minimum absolute atomic E-state index is 0.110. The molecular weight excluding hydrogens is 236 g/mol. The van der Waals surface area contributed by atoms with Crippen LogP contribution >= 0.6 is 0 Å². The number of nitrogens with zero attached hydrogens (tertiary/aromatic N) is 1. The lowest BCUT2D eigenvalue weighted by atomic mass is 9.74. The molecule has 1 saturated carbocycles. The van der Waals surface area contributed by atoms with E-state index in [9.17, 15) is 0 Å². The predicted molar refractivity (Wildman–Crippen MR) is 77.6 cm³/mol. The first-order valence-corrected chi connectivity index (χ1v) is 7.38. The van der Waals surface area contributed by atoms with Gasteiger partial charge in [0, 0.05) is 18.9 Å². The van der Waals surface area contributed by atoms with Crippen molar-refractivity contribution in [2.75, 3.05) is 6.54 Å². The van der Waals surface area contributed by atoms with Crippen molar-refractivity contribution < 1.29 is 4.74 Å². The Morgan fingerprint density at radius 1 is 1.42 bits per heavy atom. The highest BCUT2D eigenvalue weighted by molar-refractivity contribution is 5.07. The second-order valence-corrected chi connectivity index (χ2v) is 6.12. The van der Waals surface area contributed by atoms with E-state index >= 15 is 0 Å². The van der Waals surface area contributed by atoms with Crippen molar-refractivity contribution in [1.29, 1.82) is 0 Å². The van der Waals surface area contributed by atoms with Crippen LogP contribution in [-0.2, 0) is 11.3 Å². The van der Waals surface area contributed by atoms with E-state index < -0.39 is 0 Å². The van der Waals surface area contributed by atoms with Crippen molar-refractivity contribution in [2.24, 2.45) is 17.6 Å². The van der Waals surface area contributed by atoms with Crippen LogP contribution in [0.2, 0.25) is 0 Å². The highest BCUT2D eigenvalue weighted by atomic mass is 16.5. The first-order chi connectivity index (χ1) is 9.15. The second kappa shape index (κ2) is 6.49. The average molecular weight is 262 g/mol. The number of nitrogens with two attached hydrogens (primary N) is 1. The number of hydrogen-bond acceptors (Lipinski definition) is 3. The fourth-order valence-electron chi connectivity index (χ4n) is 2.96. The van der Waals surface area contributed by atoms with Gasteiger partial charge in [-0.25, -0.2) is 0 Å². The summed E-state index contributed by atoms with van der Waals surface area (Å²) in [6, 6.07) is 4.00. The maximum Gasteiger partial charge on any atom is 0.0808 e. The van der Waals surface area contributed by atoms with Crippen LogP contribution in [0.15, 0.2) is 24.5 Å². The first-order valence-electron chi connectivity index (χ1n) is 7.38. The Labute approximate surface area is 116 Å². The van der Waals surface area contributed by atoms with Crippen LogP contribution in [0.1, 0.15) is 45.1 Å². The molecule has 0 atom stereocenters. The van der Waals surface area contributed by atoms with Gasteiger partial charge in [-0.15, -0.1) is 0 Å². The van der Waals surface area contributed by atoms with Crippen LogP contribution in [0.25, 0.3) is 0 Å². The molecule has 0 aromatic carbocycles. The summed E-state index contributed by atoms with van der Waals surface area (Å²) >= 11 is 0. The lowest BCUT2D eigenvalue weighted by Crippen LogP contribution is -2.44. The van der Waals surface area contributed by atoms with E-state index in [-0.39, 0.29) is 5.60 Å². The van der Waals surface area contributed by atoms with E-state index in [2.05, 4.69) is 24.9 Å². The van der Waals surface area contributed by atoms with Crippen molar-refractivity contribution in [3.05, 3.63) is 30.1 Å². The van der Waals surface area contributed by atoms with Gasteiger partial charge in [0.2, 0.25) is 0 Å². The summed E-state index contributed by atoms with van der Waals surface area (Å²) in [6.45, 7) is 5.88. The maximum atomic E-state index is 6.17. The first kappa shape index (κ1) is 14.5. The third-order valence-electron chi connectivity index (χ3n) is 4.52. The Hall–Kier alpha value is -0.930. The molecule has 0 spiro atoms. The van der Waals surface area contributed by atoms with Gasteiger partial charge < -0.3 is 10.5 Å². The highest BCUT2D eigenvalue weighted by Gasteiger charge is 2.35. The molecule has 19 heavy (non-hydrogen) atoms. The summed E-state index contributed by atoms with van der Waals surface area (Å²) in [5.41, 5.74) is 7.00. The zero-order chi connectivity index (χ0) is 13.7. The van der Waals surface area contributed by atoms with Crippen molar-refractivity contribution >= 4 is 0 Å². The third-order valence-corrected chi connectivity index (χ3v) is 4.52. The van der Waals surface area contributed by atoms with Crippen molar-refractivity contribution in [3.8, 4) is 0 Å². The van der Waals surface area contributed by atoms with Gasteiger partial charge in [-0.05, 0) is 49.1 Å².